The van der Waals surface area contributed by atoms with Gasteiger partial charge in [0.1, 0.15) is 5.82 Å². The predicted octanol–water partition coefficient (Wildman–Crippen LogP) is 2.40. The zero-order chi connectivity index (χ0) is 11.5. The van der Waals surface area contributed by atoms with Crippen LogP contribution in [0, 0.1) is 5.82 Å². The fourth-order valence-corrected chi connectivity index (χ4v) is 2.33. The van der Waals surface area contributed by atoms with E-state index in [1.807, 2.05) is 0 Å². The molecule has 1 aromatic rings. The quantitative estimate of drug-likeness (QED) is 0.863. The highest BCUT2D eigenvalue weighted by atomic mass is 35.5. The van der Waals surface area contributed by atoms with E-state index in [0.29, 0.717) is 17.1 Å². The maximum Gasteiger partial charge on any atom is 0.127 e. The molecule has 1 aromatic carbocycles. The van der Waals surface area contributed by atoms with Crippen molar-refractivity contribution in [1.82, 2.24) is 4.90 Å². The molecule has 1 aliphatic heterocycles. The molecule has 16 heavy (non-hydrogen) atoms. The Labute approximate surface area is 100 Å². The Hall–Kier alpha value is -0.640. The van der Waals surface area contributed by atoms with Crippen LogP contribution in [0.25, 0.3) is 0 Å². The van der Waals surface area contributed by atoms with Crippen LogP contribution in [0.1, 0.15) is 18.4 Å². The normalized spacial score (nSPS) is 22.3. The predicted molar refractivity (Wildman–Crippen MR) is 63.9 cm³/mol. The molecule has 1 heterocycles. The highest BCUT2D eigenvalue weighted by Crippen LogP contribution is 2.18. The summed E-state index contributed by atoms with van der Waals surface area (Å²) >= 11 is 5.85. The van der Waals surface area contributed by atoms with E-state index in [1.165, 1.54) is 6.07 Å². The minimum atomic E-state index is -0.191. The van der Waals surface area contributed by atoms with Gasteiger partial charge in [0, 0.05) is 29.7 Å². The fraction of sp³-hybridized carbons (Fsp3) is 0.500. The van der Waals surface area contributed by atoms with E-state index < -0.39 is 0 Å². The smallest absolute Gasteiger partial charge is 0.127 e. The summed E-state index contributed by atoms with van der Waals surface area (Å²) in [5.74, 6) is -0.191. The number of hydrogen-bond acceptors (Lipinski definition) is 2. The molecule has 0 spiro atoms. The van der Waals surface area contributed by atoms with Gasteiger partial charge in [-0.05, 0) is 37.6 Å². The van der Waals surface area contributed by atoms with Gasteiger partial charge in [-0.15, -0.1) is 0 Å². The largest absolute Gasteiger partial charge is 0.327 e. The van der Waals surface area contributed by atoms with E-state index in [4.69, 9.17) is 17.3 Å². The highest BCUT2D eigenvalue weighted by molar-refractivity contribution is 6.30. The Morgan fingerprint density at radius 3 is 3.06 bits per heavy atom. The minimum Gasteiger partial charge on any atom is -0.327 e. The number of rotatable bonds is 2. The Morgan fingerprint density at radius 1 is 1.50 bits per heavy atom. The van der Waals surface area contributed by atoms with Crippen LogP contribution in [0.2, 0.25) is 5.02 Å². The first-order chi connectivity index (χ1) is 7.65. The third kappa shape index (κ3) is 2.94. The summed E-state index contributed by atoms with van der Waals surface area (Å²) in [6, 6.07) is 4.90. The monoisotopic (exact) mass is 242 g/mol. The third-order valence-corrected chi connectivity index (χ3v) is 3.18. The van der Waals surface area contributed by atoms with Gasteiger partial charge in [-0.3, -0.25) is 4.90 Å². The van der Waals surface area contributed by atoms with Crippen molar-refractivity contribution in [1.29, 1.82) is 0 Å². The van der Waals surface area contributed by atoms with E-state index in [9.17, 15) is 4.39 Å². The summed E-state index contributed by atoms with van der Waals surface area (Å²) in [5.41, 5.74) is 6.54. The van der Waals surface area contributed by atoms with Crippen molar-refractivity contribution in [2.45, 2.75) is 25.4 Å². The second kappa shape index (κ2) is 5.13. The minimum absolute atomic E-state index is 0.191. The molecule has 0 radical (unpaired) electrons. The van der Waals surface area contributed by atoms with Crippen LogP contribution in [0.15, 0.2) is 18.2 Å². The summed E-state index contributed by atoms with van der Waals surface area (Å²) in [5, 5.41) is 0.581. The van der Waals surface area contributed by atoms with E-state index in [1.54, 1.807) is 12.1 Å². The molecule has 88 valence electrons. The number of likely N-dealkylation sites (tertiary alicyclic amines) is 1. The third-order valence-electron chi connectivity index (χ3n) is 2.94. The second-order valence-electron chi connectivity index (χ2n) is 4.37. The molecule has 1 aliphatic rings. The van der Waals surface area contributed by atoms with Crippen LogP contribution in [0.4, 0.5) is 4.39 Å². The summed E-state index contributed by atoms with van der Waals surface area (Å²) < 4.78 is 13.5. The van der Waals surface area contributed by atoms with Crippen molar-refractivity contribution in [3.05, 3.63) is 34.6 Å². The summed E-state index contributed by atoms with van der Waals surface area (Å²) in [4.78, 5) is 2.18. The van der Waals surface area contributed by atoms with Crippen LogP contribution in [-0.4, -0.2) is 24.0 Å². The lowest BCUT2D eigenvalue weighted by atomic mass is 10.1. The Kier molecular flexibility index (Phi) is 3.79. The lowest BCUT2D eigenvalue weighted by Gasteiger charge is -2.30. The molecule has 0 aromatic heterocycles. The molecular formula is C12H16ClFN2. The van der Waals surface area contributed by atoms with E-state index in [-0.39, 0.29) is 11.9 Å². The first-order valence-corrected chi connectivity index (χ1v) is 5.95. The summed E-state index contributed by atoms with van der Waals surface area (Å²) in [6.45, 7) is 2.42. The van der Waals surface area contributed by atoms with Crippen molar-refractivity contribution in [3.63, 3.8) is 0 Å². The van der Waals surface area contributed by atoms with Crippen molar-refractivity contribution in [3.8, 4) is 0 Å². The molecule has 1 atom stereocenters. The standard InChI is InChI=1S/C12H16ClFN2/c13-10-3-4-12(14)9(6-10)7-16-5-1-2-11(15)8-16/h3-4,6,11H,1-2,5,7-8,15H2/t11-/m1/s1. The van der Waals surface area contributed by atoms with Crippen LogP contribution in [0.3, 0.4) is 0 Å². The molecule has 1 fully saturated rings. The molecule has 1 saturated heterocycles. The van der Waals surface area contributed by atoms with Crippen LogP contribution in [0.5, 0.6) is 0 Å². The molecule has 0 aliphatic carbocycles. The zero-order valence-electron chi connectivity index (χ0n) is 9.13. The van der Waals surface area contributed by atoms with E-state index >= 15 is 0 Å². The molecule has 2 nitrogen and oxygen atoms in total. The lowest BCUT2D eigenvalue weighted by molar-refractivity contribution is 0.199. The van der Waals surface area contributed by atoms with Crippen molar-refractivity contribution in [2.24, 2.45) is 5.73 Å². The Bertz CT molecular complexity index is 370. The SMILES string of the molecule is N[C@@H]1CCCN(Cc2cc(Cl)ccc2F)C1. The summed E-state index contributed by atoms with van der Waals surface area (Å²) in [6.07, 6.45) is 2.15. The maximum atomic E-state index is 13.5. The number of piperidine rings is 1. The van der Waals surface area contributed by atoms with Crippen LogP contribution >= 0.6 is 11.6 Å². The van der Waals surface area contributed by atoms with Crippen molar-refractivity contribution >= 4 is 11.6 Å². The van der Waals surface area contributed by atoms with E-state index in [0.717, 1.165) is 25.9 Å². The van der Waals surface area contributed by atoms with Gasteiger partial charge in [0.05, 0.1) is 0 Å². The molecule has 4 heteroatoms. The van der Waals surface area contributed by atoms with Gasteiger partial charge >= 0.3 is 0 Å². The number of hydrogen-bond donors (Lipinski definition) is 1. The Balaban J connectivity index is 2.05. The van der Waals surface area contributed by atoms with Gasteiger partial charge < -0.3 is 5.73 Å². The molecule has 0 unspecified atom stereocenters. The van der Waals surface area contributed by atoms with Gasteiger partial charge in [-0.2, -0.15) is 0 Å². The molecule has 0 amide bonds. The van der Waals surface area contributed by atoms with Crippen molar-refractivity contribution < 1.29 is 4.39 Å². The number of nitrogens with two attached hydrogens (primary N) is 1. The molecular weight excluding hydrogens is 227 g/mol. The lowest BCUT2D eigenvalue weighted by Crippen LogP contribution is -2.42. The average Bonchev–Trinajstić information content (AvgIpc) is 2.24. The van der Waals surface area contributed by atoms with Crippen LogP contribution < -0.4 is 5.73 Å². The first-order valence-electron chi connectivity index (χ1n) is 5.57. The number of nitrogens with zero attached hydrogens (tertiary/aromatic N) is 1. The van der Waals surface area contributed by atoms with Gasteiger partial charge in [0.25, 0.3) is 0 Å². The van der Waals surface area contributed by atoms with Gasteiger partial charge in [-0.25, -0.2) is 4.39 Å². The fourth-order valence-electron chi connectivity index (χ4n) is 2.14. The number of halogens is 2. The molecule has 2 N–H and O–H groups in total. The van der Waals surface area contributed by atoms with Crippen LogP contribution in [-0.2, 0) is 6.54 Å². The van der Waals surface area contributed by atoms with E-state index in [2.05, 4.69) is 4.90 Å². The summed E-state index contributed by atoms with van der Waals surface area (Å²) in [7, 11) is 0. The molecule has 2 rings (SSSR count). The molecule has 0 saturated carbocycles. The molecule has 0 bridgehead atoms. The van der Waals surface area contributed by atoms with Gasteiger partial charge in [0.2, 0.25) is 0 Å². The van der Waals surface area contributed by atoms with Gasteiger partial charge in [0.15, 0.2) is 0 Å². The second-order valence-corrected chi connectivity index (χ2v) is 4.81. The Morgan fingerprint density at radius 2 is 2.31 bits per heavy atom. The van der Waals surface area contributed by atoms with Gasteiger partial charge in [-0.1, -0.05) is 11.6 Å². The number of benzene rings is 1. The highest BCUT2D eigenvalue weighted by Gasteiger charge is 2.17. The average molecular weight is 243 g/mol. The maximum absolute atomic E-state index is 13.5. The zero-order valence-corrected chi connectivity index (χ0v) is 9.88. The topological polar surface area (TPSA) is 29.3 Å². The first kappa shape index (κ1) is 11.8. The van der Waals surface area contributed by atoms with Crippen molar-refractivity contribution in [2.75, 3.05) is 13.1 Å².